The number of nitrogens with two attached hydrogens (primary N) is 1. The molecule has 0 aliphatic rings. The first-order valence-corrected chi connectivity index (χ1v) is 3.81. The highest BCUT2D eigenvalue weighted by Gasteiger charge is 2.11. The molecule has 0 amide bonds. The molecule has 0 bridgehead atoms. The third-order valence-electron chi connectivity index (χ3n) is 1.48. The van der Waals surface area contributed by atoms with Gasteiger partial charge in [-0.3, -0.25) is 0 Å². The van der Waals surface area contributed by atoms with Crippen molar-refractivity contribution in [3.63, 3.8) is 0 Å². The molecule has 1 heterocycles. The number of benzene rings is 1. The lowest BCUT2D eigenvalue weighted by Crippen LogP contribution is -1.88. The number of fused-ring (bicyclic) bond motifs is 1. The zero-order valence-corrected chi connectivity index (χ0v) is 7.23. The van der Waals surface area contributed by atoms with E-state index in [4.69, 9.17) is 28.9 Å². The maximum absolute atomic E-state index is 5.77. The van der Waals surface area contributed by atoms with E-state index < -0.39 is 0 Å². The van der Waals surface area contributed by atoms with Gasteiger partial charge in [0.2, 0.25) is 0 Å². The predicted molar refractivity (Wildman–Crippen MR) is 46.2 cm³/mol. The Balaban J connectivity index is 2.97. The minimum absolute atomic E-state index is 0.331. The van der Waals surface area contributed by atoms with Crippen molar-refractivity contribution in [2.75, 3.05) is 5.73 Å². The molecular formula is C6H3Cl2N3O. The van der Waals surface area contributed by atoms with Crippen molar-refractivity contribution in [2.24, 2.45) is 0 Å². The number of nitrogens with zero attached hydrogens (tertiary/aromatic N) is 2. The number of hydrogen-bond acceptors (Lipinski definition) is 4. The largest absolute Gasteiger partial charge is 0.396 e. The molecule has 4 nitrogen and oxygen atoms in total. The van der Waals surface area contributed by atoms with Gasteiger partial charge in [0.15, 0.2) is 11.0 Å². The number of nitrogen functional groups attached to an aromatic ring is 1. The van der Waals surface area contributed by atoms with Crippen LogP contribution in [0.4, 0.5) is 5.69 Å². The molecule has 0 aliphatic heterocycles. The summed E-state index contributed by atoms with van der Waals surface area (Å²) in [5.41, 5.74) is 6.73. The second kappa shape index (κ2) is 2.50. The first kappa shape index (κ1) is 7.64. The Kier molecular flexibility index (Phi) is 1.59. The van der Waals surface area contributed by atoms with Crippen molar-refractivity contribution >= 4 is 39.9 Å². The summed E-state index contributed by atoms with van der Waals surface area (Å²) in [5, 5.41) is 7.85. The van der Waals surface area contributed by atoms with E-state index in [0.717, 1.165) is 0 Å². The Bertz CT molecular complexity index is 440. The fourth-order valence-electron chi connectivity index (χ4n) is 0.892. The van der Waals surface area contributed by atoms with Crippen molar-refractivity contribution in [3.05, 3.63) is 16.1 Å². The van der Waals surface area contributed by atoms with Crippen LogP contribution in [0.5, 0.6) is 0 Å². The van der Waals surface area contributed by atoms with Crippen molar-refractivity contribution in [3.8, 4) is 0 Å². The molecule has 0 saturated heterocycles. The van der Waals surface area contributed by atoms with Crippen LogP contribution < -0.4 is 5.73 Å². The standard InChI is InChI=1S/C6H3Cl2N3O/c7-2-1-3(8)5-6(4(2)9)11-12-10-5/h1H,9H2. The van der Waals surface area contributed by atoms with Crippen LogP contribution in [0.3, 0.4) is 0 Å². The summed E-state index contributed by atoms with van der Waals surface area (Å²) in [5.74, 6) is 0. The molecule has 0 radical (unpaired) electrons. The lowest BCUT2D eigenvalue weighted by atomic mass is 10.3. The van der Waals surface area contributed by atoms with E-state index in [2.05, 4.69) is 14.9 Å². The van der Waals surface area contributed by atoms with Crippen LogP contribution in [0.2, 0.25) is 10.0 Å². The van der Waals surface area contributed by atoms with Crippen LogP contribution >= 0.6 is 23.2 Å². The molecule has 62 valence electrons. The van der Waals surface area contributed by atoms with Crippen molar-refractivity contribution in [1.29, 1.82) is 0 Å². The number of rotatable bonds is 0. The van der Waals surface area contributed by atoms with Gasteiger partial charge < -0.3 is 5.73 Å². The Morgan fingerprint density at radius 3 is 2.58 bits per heavy atom. The van der Waals surface area contributed by atoms with E-state index in [1.54, 1.807) is 0 Å². The molecule has 2 aromatic rings. The summed E-state index contributed by atoms with van der Waals surface area (Å²) in [4.78, 5) is 0. The highest BCUT2D eigenvalue weighted by Crippen LogP contribution is 2.31. The first-order chi connectivity index (χ1) is 5.70. The average Bonchev–Trinajstić information content (AvgIpc) is 2.48. The van der Waals surface area contributed by atoms with Crippen LogP contribution in [-0.4, -0.2) is 10.3 Å². The van der Waals surface area contributed by atoms with Gasteiger partial charge in [-0.05, 0) is 16.4 Å². The zero-order chi connectivity index (χ0) is 8.72. The Morgan fingerprint density at radius 1 is 1.17 bits per heavy atom. The molecule has 0 fully saturated rings. The Labute approximate surface area is 77.2 Å². The van der Waals surface area contributed by atoms with E-state index in [9.17, 15) is 0 Å². The average molecular weight is 204 g/mol. The summed E-state index contributed by atoms with van der Waals surface area (Å²) >= 11 is 11.5. The van der Waals surface area contributed by atoms with Crippen LogP contribution in [-0.2, 0) is 0 Å². The highest BCUT2D eigenvalue weighted by molar-refractivity contribution is 6.40. The lowest BCUT2D eigenvalue weighted by Gasteiger charge is -1.96. The maximum Gasteiger partial charge on any atom is 0.161 e. The summed E-state index contributed by atoms with van der Waals surface area (Å²) in [6, 6.07) is 1.50. The molecule has 0 spiro atoms. The topological polar surface area (TPSA) is 64.9 Å². The second-order valence-electron chi connectivity index (χ2n) is 2.22. The van der Waals surface area contributed by atoms with E-state index in [-0.39, 0.29) is 0 Å². The molecule has 0 unspecified atom stereocenters. The molecule has 6 heteroatoms. The third-order valence-corrected chi connectivity index (χ3v) is 2.08. The third kappa shape index (κ3) is 0.922. The number of anilines is 1. The quantitative estimate of drug-likeness (QED) is 0.667. The molecule has 1 aromatic carbocycles. The van der Waals surface area contributed by atoms with Gasteiger partial charge >= 0.3 is 0 Å². The van der Waals surface area contributed by atoms with Gasteiger partial charge in [-0.2, -0.15) is 0 Å². The van der Waals surface area contributed by atoms with Gasteiger partial charge in [-0.15, -0.1) is 0 Å². The van der Waals surface area contributed by atoms with Crippen LogP contribution in [0.1, 0.15) is 0 Å². The summed E-state index contributed by atoms with van der Waals surface area (Å²) < 4.78 is 4.46. The van der Waals surface area contributed by atoms with Crippen molar-refractivity contribution < 1.29 is 4.63 Å². The molecule has 2 rings (SSSR count). The van der Waals surface area contributed by atoms with E-state index in [1.807, 2.05) is 0 Å². The number of aromatic nitrogens is 2. The summed E-state index contributed by atoms with van der Waals surface area (Å²) in [6.45, 7) is 0. The second-order valence-corrected chi connectivity index (χ2v) is 3.03. The monoisotopic (exact) mass is 203 g/mol. The van der Waals surface area contributed by atoms with Gasteiger partial charge in [0.1, 0.15) is 0 Å². The van der Waals surface area contributed by atoms with Crippen LogP contribution in [0.25, 0.3) is 11.0 Å². The lowest BCUT2D eigenvalue weighted by molar-refractivity contribution is 0.315. The minimum Gasteiger partial charge on any atom is -0.396 e. The molecule has 1 aromatic heterocycles. The first-order valence-electron chi connectivity index (χ1n) is 3.06. The van der Waals surface area contributed by atoms with Gasteiger partial charge in [0.25, 0.3) is 0 Å². The van der Waals surface area contributed by atoms with E-state index in [1.165, 1.54) is 6.07 Å². The SMILES string of the molecule is Nc1c(Cl)cc(Cl)c2nonc12. The van der Waals surface area contributed by atoms with Gasteiger partial charge in [0.05, 0.1) is 15.7 Å². The Morgan fingerprint density at radius 2 is 1.83 bits per heavy atom. The van der Waals surface area contributed by atoms with Crippen LogP contribution in [0.15, 0.2) is 10.7 Å². The fourth-order valence-corrected chi connectivity index (χ4v) is 1.38. The zero-order valence-electron chi connectivity index (χ0n) is 5.71. The Hall–Kier alpha value is -1.00. The maximum atomic E-state index is 5.77. The van der Waals surface area contributed by atoms with Gasteiger partial charge in [0, 0.05) is 0 Å². The smallest absolute Gasteiger partial charge is 0.161 e. The van der Waals surface area contributed by atoms with Gasteiger partial charge in [-0.25, -0.2) is 4.63 Å². The number of halogens is 2. The van der Waals surface area contributed by atoms with Crippen molar-refractivity contribution in [2.45, 2.75) is 0 Å². The molecule has 0 saturated carbocycles. The molecular weight excluding hydrogens is 201 g/mol. The number of hydrogen-bond donors (Lipinski definition) is 1. The van der Waals surface area contributed by atoms with Crippen molar-refractivity contribution in [1.82, 2.24) is 10.3 Å². The van der Waals surface area contributed by atoms with E-state index >= 15 is 0 Å². The molecule has 2 N–H and O–H groups in total. The fraction of sp³-hybridized carbons (Fsp3) is 0. The normalized spacial score (nSPS) is 10.8. The van der Waals surface area contributed by atoms with E-state index in [0.29, 0.717) is 26.8 Å². The molecule has 12 heavy (non-hydrogen) atoms. The highest BCUT2D eigenvalue weighted by atomic mass is 35.5. The van der Waals surface area contributed by atoms with Crippen LogP contribution in [0, 0.1) is 0 Å². The van der Waals surface area contributed by atoms with Gasteiger partial charge in [-0.1, -0.05) is 23.2 Å². The molecule has 0 aliphatic carbocycles. The molecule has 0 atom stereocenters. The minimum atomic E-state index is 0.331. The summed E-state index contributed by atoms with van der Waals surface area (Å²) in [6.07, 6.45) is 0. The summed E-state index contributed by atoms with van der Waals surface area (Å²) in [7, 11) is 0. The predicted octanol–water partition coefficient (Wildman–Crippen LogP) is 2.11.